The molecule has 0 bridgehead atoms. The number of hydrogen-bond donors (Lipinski definition) is 1. The molecule has 0 saturated heterocycles. The normalized spacial score (nSPS) is 12.0. The van der Waals surface area contributed by atoms with Crippen molar-refractivity contribution in [3.05, 3.63) is 68.9 Å². The molecule has 2 N–H and O–H groups in total. The van der Waals surface area contributed by atoms with Gasteiger partial charge in [0.15, 0.2) is 0 Å². The van der Waals surface area contributed by atoms with E-state index >= 15 is 0 Å². The van der Waals surface area contributed by atoms with E-state index in [0.717, 1.165) is 15.8 Å². The largest absolute Gasteiger partial charge is 0.468 e. The zero-order valence-corrected chi connectivity index (χ0v) is 16.9. The topological polar surface area (TPSA) is 99.6 Å². The Morgan fingerprint density at radius 2 is 1.79 bits per heavy atom. The van der Waals surface area contributed by atoms with Gasteiger partial charge in [0.25, 0.3) is 5.56 Å². The van der Waals surface area contributed by atoms with E-state index in [2.05, 4.69) is 4.74 Å². The van der Waals surface area contributed by atoms with E-state index in [1.54, 1.807) is 43.4 Å². The Morgan fingerprint density at radius 1 is 1.14 bits per heavy atom. The lowest BCUT2D eigenvalue weighted by molar-refractivity contribution is -0.142. The zero-order valence-electron chi connectivity index (χ0n) is 16.9. The quantitative estimate of drug-likeness (QED) is 0.641. The fraction of sp³-hybridized carbons (Fsp3) is 0.286. The van der Waals surface area contributed by atoms with Crippen LogP contribution in [-0.2, 0) is 23.0 Å². The maximum atomic E-state index is 13.1. The van der Waals surface area contributed by atoms with E-state index in [0.29, 0.717) is 23.0 Å². The second-order valence-corrected chi connectivity index (χ2v) is 7.08. The van der Waals surface area contributed by atoms with Crippen molar-refractivity contribution in [2.24, 2.45) is 12.8 Å². The average molecular weight is 396 g/mol. The van der Waals surface area contributed by atoms with Crippen LogP contribution in [0.1, 0.15) is 5.56 Å². The number of hydrogen-bond acceptors (Lipinski definition) is 6. The maximum absolute atomic E-state index is 13.1. The van der Waals surface area contributed by atoms with Gasteiger partial charge in [0.1, 0.15) is 6.04 Å². The predicted octanol–water partition coefficient (Wildman–Crippen LogP) is 0.798. The number of ether oxygens (including phenoxy) is 1. The number of nitrogens with zero attached hydrogens (tertiary/aromatic N) is 3. The summed E-state index contributed by atoms with van der Waals surface area (Å²) in [5.74, 6) is -0.495. The maximum Gasteiger partial charge on any atom is 0.335 e. The summed E-state index contributed by atoms with van der Waals surface area (Å²) in [4.78, 5) is 39.4. The van der Waals surface area contributed by atoms with Crippen LogP contribution in [0.5, 0.6) is 0 Å². The van der Waals surface area contributed by atoms with Gasteiger partial charge in [-0.25, -0.2) is 9.36 Å². The van der Waals surface area contributed by atoms with Crippen LogP contribution in [0.25, 0.3) is 16.6 Å². The molecular weight excluding hydrogens is 372 g/mol. The summed E-state index contributed by atoms with van der Waals surface area (Å²) in [5, 5.41) is 0.454. The van der Waals surface area contributed by atoms with Crippen LogP contribution in [0.2, 0.25) is 0 Å². The lowest BCUT2D eigenvalue weighted by Crippen LogP contribution is -2.38. The molecule has 3 rings (SSSR count). The van der Waals surface area contributed by atoms with Gasteiger partial charge in [0, 0.05) is 26.8 Å². The Hall–Kier alpha value is -3.39. The van der Waals surface area contributed by atoms with Gasteiger partial charge in [-0.15, -0.1) is 0 Å². The van der Waals surface area contributed by atoms with E-state index in [1.807, 2.05) is 25.1 Å². The van der Waals surface area contributed by atoms with Crippen LogP contribution in [0.4, 0.5) is 5.69 Å². The summed E-state index contributed by atoms with van der Waals surface area (Å²) in [7, 11) is 6.70. The SMILES string of the molecule is COC(=O)C(N)Cc1ccc(-n2c(=O)c3cc(N(C)C)ccc3n(C)c2=O)cc1. The number of fused-ring (bicyclic) bond motifs is 1. The fourth-order valence-electron chi connectivity index (χ4n) is 3.22. The average Bonchev–Trinajstić information content (AvgIpc) is 2.72. The first-order valence-electron chi connectivity index (χ1n) is 9.10. The first-order chi connectivity index (χ1) is 13.7. The molecular formula is C21H24N4O4. The summed E-state index contributed by atoms with van der Waals surface area (Å²) < 4.78 is 7.23. The van der Waals surface area contributed by atoms with Crippen molar-refractivity contribution in [2.75, 3.05) is 26.1 Å². The molecule has 0 aliphatic rings. The molecule has 0 amide bonds. The summed E-state index contributed by atoms with van der Waals surface area (Å²) in [5.41, 5.74) is 7.66. The third-order valence-corrected chi connectivity index (χ3v) is 4.92. The number of nitrogens with two attached hydrogens (primary N) is 1. The third kappa shape index (κ3) is 3.79. The first kappa shape index (κ1) is 20.3. The minimum atomic E-state index is -0.772. The van der Waals surface area contributed by atoms with Crippen LogP contribution in [0.3, 0.4) is 0 Å². The van der Waals surface area contributed by atoms with Crippen molar-refractivity contribution in [1.29, 1.82) is 0 Å². The summed E-state index contributed by atoms with van der Waals surface area (Å²) in [6.07, 6.45) is 0.295. The molecule has 0 saturated carbocycles. The minimum Gasteiger partial charge on any atom is -0.468 e. The molecule has 0 spiro atoms. The van der Waals surface area contributed by atoms with Crippen molar-refractivity contribution in [1.82, 2.24) is 9.13 Å². The van der Waals surface area contributed by atoms with E-state index in [9.17, 15) is 14.4 Å². The smallest absolute Gasteiger partial charge is 0.335 e. The Morgan fingerprint density at radius 3 is 2.38 bits per heavy atom. The number of benzene rings is 2. The van der Waals surface area contributed by atoms with Crippen molar-refractivity contribution in [3.8, 4) is 5.69 Å². The van der Waals surface area contributed by atoms with Crippen molar-refractivity contribution < 1.29 is 9.53 Å². The van der Waals surface area contributed by atoms with Gasteiger partial charge in [-0.3, -0.25) is 14.2 Å². The number of rotatable bonds is 5. The Labute approximate surface area is 167 Å². The molecule has 152 valence electrons. The van der Waals surface area contributed by atoms with Crippen LogP contribution in [-0.4, -0.2) is 42.4 Å². The van der Waals surface area contributed by atoms with Crippen LogP contribution in [0, 0.1) is 0 Å². The zero-order chi connectivity index (χ0) is 21.3. The molecule has 0 radical (unpaired) electrons. The number of aryl methyl sites for hydroxylation is 1. The second-order valence-electron chi connectivity index (χ2n) is 7.08. The molecule has 1 aromatic heterocycles. The highest BCUT2D eigenvalue weighted by atomic mass is 16.5. The first-order valence-corrected chi connectivity index (χ1v) is 9.10. The summed E-state index contributed by atoms with van der Waals surface area (Å²) >= 11 is 0. The molecule has 0 fully saturated rings. The predicted molar refractivity (Wildman–Crippen MR) is 113 cm³/mol. The van der Waals surface area contributed by atoms with Gasteiger partial charge in [0.05, 0.1) is 23.7 Å². The van der Waals surface area contributed by atoms with E-state index < -0.39 is 17.7 Å². The molecule has 0 aliphatic carbocycles. The molecule has 3 aromatic rings. The molecule has 29 heavy (non-hydrogen) atoms. The highest BCUT2D eigenvalue weighted by Crippen LogP contribution is 2.18. The third-order valence-electron chi connectivity index (χ3n) is 4.92. The number of anilines is 1. The van der Waals surface area contributed by atoms with Gasteiger partial charge in [-0.1, -0.05) is 12.1 Å². The molecule has 1 atom stereocenters. The molecule has 8 nitrogen and oxygen atoms in total. The van der Waals surface area contributed by atoms with E-state index in [1.165, 1.54) is 11.7 Å². The van der Waals surface area contributed by atoms with Crippen molar-refractivity contribution >= 4 is 22.6 Å². The van der Waals surface area contributed by atoms with Crippen molar-refractivity contribution in [3.63, 3.8) is 0 Å². The number of carbonyl (C=O) groups is 1. The van der Waals surface area contributed by atoms with Crippen LogP contribution < -0.4 is 21.9 Å². The number of esters is 1. The Balaban J connectivity index is 2.09. The molecule has 2 aromatic carbocycles. The molecule has 8 heteroatoms. The van der Waals surface area contributed by atoms with Gasteiger partial charge in [0.2, 0.25) is 0 Å². The number of aromatic nitrogens is 2. The van der Waals surface area contributed by atoms with Crippen LogP contribution >= 0.6 is 0 Å². The van der Waals surface area contributed by atoms with Crippen LogP contribution in [0.15, 0.2) is 52.1 Å². The standard InChI is InChI=1S/C21H24N4O4/c1-23(2)15-9-10-18-16(12-15)19(26)25(21(28)24(18)3)14-7-5-13(6-8-14)11-17(22)20(27)29-4/h5-10,12,17H,11,22H2,1-4H3. The lowest BCUT2D eigenvalue weighted by atomic mass is 10.1. The summed E-state index contributed by atoms with van der Waals surface area (Å²) in [6.45, 7) is 0. The van der Waals surface area contributed by atoms with Gasteiger partial charge >= 0.3 is 11.7 Å². The molecule has 1 heterocycles. The van der Waals surface area contributed by atoms with Crippen molar-refractivity contribution in [2.45, 2.75) is 12.5 Å². The second kappa shape index (κ2) is 7.92. The molecule has 0 aliphatic heterocycles. The Kier molecular flexibility index (Phi) is 5.56. The summed E-state index contributed by atoms with van der Waals surface area (Å²) in [6, 6.07) is 11.5. The van der Waals surface area contributed by atoms with Gasteiger partial charge in [-0.05, 0) is 42.3 Å². The van der Waals surface area contributed by atoms with E-state index in [4.69, 9.17) is 5.73 Å². The monoisotopic (exact) mass is 396 g/mol. The minimum absolute atomic E-state index is 0.295. The Bertz CT molecular complexity index is 1180. The lowest BCUT2D eigenvalue weighted by Gasteiger charge is -2.15. The van der Waals surface area contributed by atoms with Gasteiger partial charge in [-0.2, -0.15) is 0 Å². The fourth-order valence-corrected chi connectivity index (χ4v) is 3.22. The molecule has 1 unspecified atom stereocenters. The van der Waals surface area contributed by atoms with E-state index in [-0.39, 0.29) is 5.56 Å². The number of methoxy groups -OCH3 is 1. The van der Waals surface area contributed by atoms with Gasteiger partial charge < -0.3 is 15.4 Å². The highest BCUT2D eigenvalue weighted by molar-refractivity contribution is 5.82. The highest BCUT2D eigenvalue weighted by Gasteiger charge is 2.16. The number of carbonyl (C=O) groups excluding carboxylic acids is 1.